The quantitative estimate of drug-likeness (QED) is 0.443. The smallest absolute Gasteiger partial charge is 0.244 e. The lowest BCUT2D eigenvalue weighted by Gasteiger charge is -2.16. The molecule has 1 atom stereocenters. The Labute approximate surface area is 200 Å². The Hall–Kier alpha value is -3.93. The van der Waals surface area contributed by atoms with Crippen molar-refractivity contribution in [3.8, 4) is 23.0 Å². The van der Waals surface area contributed by atoms with E-state index in [4.69, 9.17) is 18.9 Å². The molecule has 0 aliphatic carbocycles. The summed E-state index contributed by atoms with van der Waals surface area (Å²) in [6.45, 7) is 5.19. The van der Waals surface area contributed by atoms with Crippen molar-refractivity contribution in [1.82, 2.24) is 5.32 Å². The highest BCUT2D eigenvalue weighted by Gasteiger charge is 2.17. The van der Waals surface area contributed by atoms with Crippen molar-refractivity contribution in [3.05, 3.63) is 89.0 Å². The molecule has 1 unspecified atom stereocenters. The Morgan fingerprint density at radius 1 is 1.09 bits per heavy atom. The molecular formula is C28H29NO5. The van der Waals surface area contributed by atoms with Gasteiger partial charge < -0.3 is 24.3 Å². The van der Waals surface area contributed by atoms with Gasteiger partial charge in [-0.05, 0) is 53.8 Å². The van der Waals surface area contributed by atoms with Crippen LogP contribution in [0.1, 0.15) is 35.1 Å². The largest absolute Gasteiger partial charge is 0.493 e. The van der Waals surface area contributed by atoms with Gasteiger partial charge in [-0.1, -0.05) is 49.4 Å². The molecule has 1 aliphatic heterocycles. The predicted octanol–water partition coefficient (Wildman–Crippen LogP) is 5.24. The summed E-state index contributed by atoms with van der Waals surface area (Å²) in [6.07, 6.45) is 3.33. The number of carbonyl (C=O) groups excluding carboxylic acids is 1. The SMILES string of the molecule is COc1ccc(C(C)CNC(=O)/C=C/c2ccc3c(c2C)OCO3)cc1OCc1ccccc1. The fourth-order valence-corrected chi connectivity index (χ4v) is 3.75. The van der Waals surface area contributed by atoms with Gasteiger partial charge in [-0.25, -0.2) is 0 Å². The standard InChI is InChI=1S/C28H29NO5/c1-19(16-29-27(30)14-11-22-9-13-25-28(20(22)2)34-18-33-25)23-10-12-24(31-3)26(15-23)32-17-21-7-5-4-6-8-21/h4-15,19H,16-18H2,1-3H3,(H,29,30)/b14-11+. The van der Waals surface area contributed by atoms with Crippen LogP contribution in [0.2, 0.25) is 0 Å². The molecule has 0 saturated heterocycles. The second-order valence-electron chi connectivity index (χ2n) is 8.18. The van der Waals surface area contributed by atoms with E-state index in [0.29, 0.717) is 24.7 Å². The monoisotopic (exact) mass is 459 g/mol. The maximum absolute atomic E-state index is 12.4. The molecular weight excluding hydrogens is 430 g/mol. The maximum atomic E-state index is 12.4. The number of fused-ring (bicyclic) bond motifs is 1. The van der Waals surface area contributed by atoms with Crippen LogP contribution in [0.15, 0.2) is 66.7 Å². The van der Waals surface area contributed by atoms with Gasteiger partial charge in [-0.15, -0.1) is 0 Å². The second-order valence-corrected chi connectivity index (χ2v) is 8.18. The topological polar surface area (TPSA) is 66.0 Å². The normalized spacial score (nSPS) is 13.0. The lowest BCUT2D eigenvalue weighted by atomic mass is 10.0. The zero-order valence-electron chi connectivity index (χ0n) is 19.7. The molecule has 0 fully saturated rings. The van der Waals surface area contributed by atoms with Crippen LogP contribution < -0.4 is 24.3 Å². The number of ether oxygens (including phenoxy) is 4. The lowest BCUT2D eigenvalue weighted by Crippen LogP contribution is -2.25. The molecule has 0 bridgehead atoms. The first-order chi connectivity index (χ1) is 16.5. The van der Waals surface area contributed by atoms with Gasteiger partial charge in [0, 0.05) is 18.2 Å². The number of amides is 1. The van der Waals surface area contributed by atoms with Crippen LogP contribution in [-0.2, 0) is 11.4 Å². The van der Waals surface area contributed by atoms with Crippen molar-refractivity contribution in [2.45, 2.75) is 26.4 Å². The van der Waals surface area contributed by atoms with Gasteiger partial charge in [0.1, 0.15) is 6.61 Å². The fourth-order valence-electron chi connectivity index (χ4n) is 3.75. The molecule has 6 nitrogen and oxygen atoms in total. The average Bonchev–Trinajstić information content (AvgIpc) is 3.36. The van der Waals surface area contributed by atoms with Gasteiger partial charge in [0.05, 0.1) is 7.11 Å². The highest BCUT2D eigenvalue weighted by atomic mass is 16.7. The highest BCUT2D eigenvalue weighted by molar-refractivity contribution is 5.92. The van der Waals surface area contributed by atoms with Crippen LogP contribution in [-0.4, -0.2) is 26.4 Å². The third kappa shape index (κ3) is 5.52. The van der Waals surface area contributed by atoms with Gasteiger partial charge in [-0.2, -0.15) is 0 Å². The van der Waals surface area contributed by atoms with E-state index in [2.05, 4.69) is 12.2 Å². The maximum Gasteiger partial charge on any atom is 0.244 e. The summed E-state index contributed by atoms with van der Waals surface area (Å²) in [5.41, 5.74) is 4.01. The Morgan fingerprint density at radius 2 is 1.91 bits per heavy atom. The molecule has 1 N–H and O–H groups in total. The van der Waals surface area contributed by atoms with Crippen LogP contribution in [0.4, 0.5) is 0 Å². The fraction of sp³-hybridized carbons (Fsp3) is 0.250. The average molecular weight is 460 g/mol. The molecule has 1 amide bonds. The zero-order valence-corrected chi connectivity index (χ0v) is 19.7. The number of hydrogen-bond acceptors (Lipinski definition) is 5. The first-order valence-corrected chi connectivity index (χ1v) is 11.2. The first-order valence-electron chi connectivity index (χ1n) is 11.2. The number of rotatable bonds is 9. The van der Waals surface area contributed by atoms with Gasteiger partial charge in [-0.3, -0.25) is 4.79 Å². The predicted molar refractivity (Wildman–Crippen MR) is 132 cm³/mol. The Balaban J connectivity index is 1.35. The van der Waals surface area contributed by atoms with E-state index in [1.54, 1.807) is 19.3 Å². The van der Waals surface area contributed by atoms with Gasteiger partial charge in [0.2, 0.25) is 12.7 Å². The minimum atomic E-state index is -0.155. The zero-order chi connectivity index (χ0) is 23.9. The van der Waals surface area contributed by atoms with Crippen molar-refractivity contribution >= 4 is 12.0 Å². The molecule has 6 heteroatoms. The highest BCUT2D eigenvalue weighted by Crippen LogP contribution is 2.37. The van der Waals surface area contributed by atoms with Crippen molar-refractivity contribution in [1.29, 1.82) is 0 Å². The number of benzene rings is 3. The molecule has 0 spiro atoms. The third-order valence-corrected chi connectivity index (χ3v) is 5.82. The van der Waals surface area contributed by atoms with Crippen LogP contribution in [0, 0.1) is 6.92 Å². The van der Waals surface area contributed by atoms with E-state index in [1.165, 1.54) is 0 Å². The summed E-state index contributed by atoms with van der Waals surface area (Å²) in [5, 5.41) is 2.98. The van der Waals surface area contributed by atoms with E-state index >= 15 is 0 Å². The number of methoxy groups -OCH3 is 1. The van der Waals surface area contributed by atoms with E-state index in [-0.39, 0.29) is 18.6 Å². The summed E-state index contributed by atoms with van der Waals surface area (Å²) in [7, 11) is 1.63. The first kappa shape index (κ1) is 23.2. The summed E-state index contributed by atoms with van der Waals surface area (Å²) >= 11 is 0. The van der Waals surface area contributed by atoms with Crippen molar-refractivity contribution in [2.75, 3.05) is 20.4 Å². The number of carbonyl (C=O) groups is 1. The Bertz CT molecular complexity index is 1170. The summed E-state index contributed by atoms with van der Waals surface area (Å²) in [6, 6.07) is 19.6. The van der Waals surface area contributed by atoms with Crippen LogP contribution in [0.5, 0.6) is 23.0 Å². The minimum Gasteiger partial charge on any atom is -0.493 e. The molecule has 0 saturated carbocycles. The molecule has 1 aliphatic rings. The minimum absolute atomic E-state index is 0.0922. The van der Waals surface area contributed by atoms with Crippen molar-refractivity contribution < 1.29 is 23.7 Å². The molecule has 3 aromatic carbocycles. The van der Waals surface area contributed by atoms with Gasteiger partial charge >= 0.3 is 0 Å². The molecule has 4 rings (SSSR count). The van der Waals surface area contributed by atoms with E-state index < -0.39 is 0 Å². The molecule has 1 heterocycles. The van der Waals surface area contributed by atoms with E-state index in [1.807, 2.05) is 67.6 Å². The number of hydrogen-bond donors (Lipinski definition) is 1. The Morgan fingerprint density at radius 3 is 2.71 bits per heavy atom. The van der Waals surface area contributed by atoms with E-state index in [9.17, 15) is 4.79 Å². The van der Waals surface area contributed by atoms with Crippen LogP contribution in [0.3, 0.4) is 0 Å². The van der Waals surface area contributed by atoms with E-state index in [0.717, 1.165) is 33.8 Å². The van der Waals surface area contributed by atoms with Gasteiger partial charge in [0.15, 0.2) is 23.0 Å². The van der Waals surface area contributed by atoms with Crippen LogP contribution in [0.25, 0.3) is 6.08 Å². The lowest BCUT2D eigenvalue weighted by molar-refractivity contribution is -0.116. The molecule has 176 valence electrons. The molecule has 3 aromatic rings. The second kappa shape index (κ2) is 10.8. The summed E-state index contributed by atoms with van der Waals surface area (Å²) in [4.78, 5) is 12.4. The molecule has 34 heavy (non-hydrogen) atoms. The molecule has 0 aromatic heterocycles. The summed E-state index contributed by atoms with van der Waals surface area (Å²) in [5.74, 6) is 2.77. The van der Waals surface area contributed by atoms with Crippen molar-refractivity contribution in [3.63, 3.8) is 0 Å². The third-order valence-electron chi connectivity index (χ3n) is 5.82. The van der Waals surface area contributed by atoms with Crippen molar-refractivity contribution in [2.24, 2.45) is 0 Å². The summed E-state index contributed by atoms with van der Waals surface area (Å²) < 4.78 is 22.4. The van der Waals surface area contributed by atoms with Gasteiger partial charge in [0.25, 0.3) is 0 Å². The number of nitrogens with one attached hydrogen (secondary N) is 1. The Kier molecular flexibility index (Phi) is 7.38. The van der Waals surface area contributed by atoms with Crippen LogP contribution >= 0.6 is 0 Å². The molecule has 0 radical (unpaired) electrons.